The zero-order valence-corrected chi connectivity index (χ0v) is 24.3. The van der Waals surface area contributed by atoms with Crippen LogP contribution in [0.3, 0.4) is 0 Å². The van der Waals surface area contributed by atoms with E-state index >= 15 is 0 Å². The van der Waals surface area contributed by atoms with Gasteiger partial charge >= 0.3 is 0 Å². The van der Waals surface area contributed by atoms with E-state index in [1.165, 1.54) is 0 Å². The second kappa shape index (κ2) is 12.8. The predicted octanol–water partition coefficient (Wildman–Crippen LogP) is 8.08. The van der Waals surface area contributed by atoms with Crippen LogP contribution in [0.1, 0.15) is 44.8 Å². The topological polar surface area (TPSA) is 49.2 Å². The van der Waals surface area contributed by atoms with Crippen molar-refractivity contribution in [3.8, 4) is 5.75 Å². The summed E-state index contributed by atoms with van der Waals surface area (Å²) in [7, 11) is 0. The molecule has 0 atom stereocenters. The summed E-state index contributed by atoms with van der Waals surface area (Å²) in [6.45, 7) is 3.89. The van der Waals surface area contributed by atoms with Gasteiger partial charge in [-0.05, 0) is 47.9 Å². The molecule has 6 rings (SSSR count). The molecule has 4 aromatic carbocycles. The molecule has 43 heavy (non-hydrogen) atoms. The van der Waals surface area contributed by atoms with E-state index in [1.54, 1.807) is 0 Å². The molecule has 0 amide bonds. The van der Waals surface area contributed by atoms with Crippen molar-refractivity contribution >= 4 is 0 Å². The molecule has 2 aromatic heterocycles. The first kappa shape index (κ1) is 28.1. The molecule has 0 radical (unpaired) electrons. The number of phenols is 1. The fourth-order valence-corrected chi connectivity index (χ4v) is 6.14. The largest absolute Gasteiger partial charge is 0.507 e. The molecule has 0 unspecified atom stereocenters. The lowest BCUT2D eigenvalue weighted by atomic mass is 9.64. The molecule has 0 saturated heterocycles. The van der Waals surface area contributed by atoms with E-state index in [9.17, 15) is 5.11 Å². The average molecular weight is 562 g/mol. The van der Waals surface area contributed by atoms with Gasteiger partial charge in [-0.25, -0.2) is 0 Å². The molecule has 212 valence electrons. The summed E-state index contributed by atoms with van der Waals surface area (Å²) in [5, 5.41) is 12.4. The van der Waals surface area contributed by atoms with Crippen molar-refractivity contribution in [2.75, 3.05) is 0 Å². The van der Waals surface area contributed by atoms with Crippen LogP contribution in [-0.4, -0.2) is 20.0 Å². The highest BCUT2D eigenvalue weighted by Gasteiger charge is 2.41. The van der Waals surface area contributed by atoms with Gasteiger partial charge in [-0.1, -0.05) is 121 Å². The van der Waals surface area contributed by atoms with E-state index in [-0.39, 0.29) is 0 Å². The van der Waals surface area contributed by atoms with Gasteiger partial charge in [0.2, 0.25) is 0 Å². The Labute approximate surface area is 254 Å². The first-order valence-electron chi connectivity index (χ1n) is 14.7. The second-order valence-corrected chi connectivity index (χ2v) is 11.0. The number of pyridine rings is 2. The van der Waals surface area contributed by atoms with E-state index in [4.69, 9.17) is 0 Å². The van der Waals surface area contributed by atoms with Crippen LogP contribution in [0.5, 0.6) is 5.75 Å². The summed E-state index contributed by atoms with van der Waals surface area (Å²) in [4.78, 5) is 11.5. The number of aromatic hydroxyl groups is 1. The van der Waals surface area contributed by atoms with Crippen molar-refractivity contribution in [2.24, 2.45) is 0 Å². The number of aromatic nitrogens is 2. The molecule has 1 N–H and O–H groups in total. The molecule has 4 nitrogen and oxygen atoms in total. The molecule has 6 aromatic rings. The number of hydrogen-bond acceptors (Lipinski definition) is 4. The molecule has 0 saturated carbocycles. The lowest BCUT2D eigenvalue weighted by molar-refractivity contribution is 0.238. The third-order valence-corrected chi connectivity index (χ3v) is 7.98. The minimum Gasteiger partial charge on any atom is -0.507 e. The van der Waals surface area contributed by atoms with E-state index < -0.39 is 5.41 Å². The number of hydrogen-bond donors (Lipinski definition) is 1. The summed E-state index contributed by atoms with van der Waals surface area (Å²) in [5.41, 5.74) is 7.31. The molecule has 0 aliphatic heterocycles. The maximum atomic E-state index is 12.4. The highest BCUT2D eigenvalue weighted by Crippen LogP contribution is 2.49. The fourth-order valence-electron chi connectivity index (χ4n) is 6.14. The van der Waals surface area contributed by atoms with E-state index in [0.29, 0.717) is 25.4 Å². The van der Waals surface area contributed by atoms with Crippen LogP contribution in [0.2, 0.25) is 0 Å². The number of aryl methyl sites for hydroxylation is 1. The Morgan fingerprint density at radius 3 is 1.42 bits per heavy atom. The van der Waals surface area contributed by atoms with Gasteiger partial charge in [0, 0.05) is 43.2 Å². The van der Waals surface area contributed by atoms with Crippen LogP contribution in [0.4, 0.5) is 0 Å². The van der Waals surface area contributed by atoms with Gasteiger partial charge in [0.15, 0.2) is 0 Å². The van der Waals surface area contributed by atoms with E-state index in [1.807, 2.05) is 67.0 Å². The number of phenolic OH excluding ortho intramolecular Hbond substituents is 1. The SMILES string of the molecule is Cc1cc(CN(Cc2ccccn2)Cc2ccccn2)c(O)c(C(c2ccccc2)(c2ccccc2)c2ccccc2)c1. The maximum Gasteiger partial charge on any atom is 0.124 e. The Bertz CT molecular complexity index is 1600. The van der Waals surface area contributed by atoms with Crippen molar-refractivity contribution in [3.63, 3.8) is 0 Å². The standard InChI is InChI=1S/C39H35N3O/c1-30-25-31(27-42(28-35-21-11-13-23-40-35)29-36-22-12-14-24-41-36)38(43)37(26-30)39(32-15-5-2-6-16-32,33-17-7-3-8-18-33)34-19-9-4-10-20-34/h2-26,43H,27-29H2,1H3. The van der Waals surface area contributed by atoms with Crippen molar-refractivity contribution in [2.45, 2.75) is 32.0 Å². The van der Waals surface area contributed by atoms with Crippen molar-refractivity contribution < 1.29 is 5.11 Å². The highest BCUT2D eigenvalue weighted by atomic mass is 16.3. The third-order valence-electron chi connectivity index (χ3n) is 7.98. The van der Waals surface area contributed by atoms with E-state index in [0.717, 1.165) is 44.8 Å². The lowest BCUT2D eigenvalue weighted by Crippen LogP contribution is -2.32. The van der Waals surface area contributed by atoms with Crippen molar-refractivity contribution in [1.82, 2.24) is 14.9 Å². The number of nitrogens with zero attached hydrogens (tertiary/aromatic N) is 3. The molecule has 2 heterocycles. The Hall–Kier alpha value is -5.06. The Balaban J connectivity index is 1.53. The zero-order chi connectivity index (χ0) is 29.5. The van der Waals surface area contributed by atoms with Crippen LogP contribution in [0, 0.1) is 6.92 Å². The molecular formula is C39H35N3O. The smallest absolute Gasteiger partial charge is 0.124 e. The molecule has 0 aliphatic rings. The maximum absolute atomic E-state index is 12.4. The van der Waals surface area contributed by atoms with Gasteiger partial charge in [-0.2, -0.15) is 0 Å². The first-order valence-corrected chi connectivity index (χ1v) is 14.7. The summed E-state index contributed by atoms with van der Waals surface area (Å²) in [6, 6.07) is 47.8. The van der Waals surface area contributed by atoms with Crippen molar-refractivity contribution in [3.05, 3.63) is 197 Å². The average Bonchev–Trinajstić information content (AvgIpc) is 3.06. The summed E-state index contributed by atoms with van der Waals surface area (Å²) >= 11 is 0. The van der Waals surface area contributed by atoms with Crippen LogP contribution in [0.25, 0.3) is 0 Å². The monoisotopic (exact) mass is 561 g/mol. The zero-order valence-electron chi connectivity index (χ0n) is 24.3. The lowest BCUT2D eigenvalue weighted by Gasteiger charge is -2.38. The Morgan fingerprint density at radius 1 is 0.558 bits per heavy atom. The van der Waals surface area contributed by atoms with Crippen LogP contribution < -0.4 is 0 Å². The van der Waals surface area contributed by atoms with Gasteiger partial charge in [0.25, 0.3) is 0 Å². The molecule has 0 bridgehead atoms. The first-order chi connectivity index (χ1) is 21.1. The summed E-state index contributed by atoms with van der Waals surface area (Å²) in [6.07, 6.45) is 3.65. The summed E-state index contributed by atoms with van der Waals surface area (Å²) < 4.78 is 0. The fraction of sp³-hybridized carbons (Fsp3) is 0.128. The van der Waals surface area contributed by atoms with Gasteiger partial charge in [-0.3, -0.25) is 14.9 Å². The predicted molar refractivity (Wildman–Crippen MR) is 173 cm³/mol. The molecule has 0 fully saturated rings. The molecule has 0 spiro atoms. The van der Waals surface area contributed by atoms with Gasteiger partial charge in [0.05, 0.1) is 16.8 Å². The minimum atomic E-state index is -0.735. The molecule has 4 heteroatoms. The second-order valence-electron chi connectivity index (χ2n) is 11.0. The Morgan fingerprint density at radius 2 is 1.00 bits per heavy atom. The molecule has 0 aliphatic carbocycles. The third kappa shape index (κ3) is 5.97. The van der Waals surface area contributed by atoms with Gasteiger partial charge in [0.1, 0.15) is 5.75 Å². The quantitative estimate of drug-likeness (QED) is 0.172. The van der Waals surface area contributed by atoms with Crippen LogP contribution in [-0.2, 0) is 25.0 Å². The Kier molecular flexibility index (Phi) is 8.39. The van der Waals surface area contributed by atoms with Crippen molar-refractivity contribution in [1.29, 1.82) is 0 Å². The van der Waals surface area contributed by atoms with Gasteiger partial charge in [-0.15, -0.1) is 0 Å². The summed E-state index contributed by atoms with van der Waals surface area (Å²) in [5.74, 6) is 0.300. The van der Waals surface area contributed by atoms with Crippen LogP contribution >= 0.6 is 0 Å². The normalized spacial score (nSPS) is 11.5. The van der Waals surface area contributed by atoms with Gasteiger partial charge < -0.3 is 5.11 Å². The number of benzene rings is 4. The van der Waals surface area contributed by atoms with E-state index in [2.05, 4.69) is 107 Å². The van der Waals surface area contributed by atoms with Crippen LogP contribution in [0.15, 0.2) is 152 Å². The highest BCUT2D eigenvalue weighted by molar-refractivity contribution is 5.64. The number of rotatable bonds is 10. The minimum absolute atomic E-state index is 0.300. The molecular weight excluding hydrogens is 526 g/mol.